The molecule has 0 unspecified atom stereocenters. The lowest BCUT2D eigenvalue weighted by atomic mass is 10.0. The Labute approximate surface area is 146 Å². The third-order valence-corrected chi connectivity index (χ3v) is 5.05. The van der Waals surface area contributed by atoms with E-state index in [0.29, 0.717) is 27.5 Å². The fourth-order valence-electron chi connectivity index (χ4n) is 2.27. The molecular formula is C16H9Cl2NO3S. The zero-order valence-corrected chi connectivity index (χ0v) is 13.9. The molecule has 1 heterocycles. The molecule has 23 heavy (non-hydrogen) atoms. The number of hydrogen-bond donors (Lipinski definition) is 0. The maximum absolute atomic E-state index is 12.6. The van der Waals surface area contributed by atoms with Gasteiger partial charge in [0.25, 0.3) is 5.69 Å². The van der Waals surface area contributed by atoms with E-state index in [1.807, 2.05) is 6.07 Å². The van der Waals surface area contributed by atoms with Crippen LogP contribution in [-0.4, -0.2) is 16.5 Å². The van der Waals surface area contributed by atoms with Crippen molar-refractivity contribution in [2.24, 2.45) is 0 Å². The minimum Gasteiger partial charge on any atom is -0.289 e. The van der Waals surface area contributed by atoms with Gasteiger partial charge in [0.15, 0.2) is 5.78 Å². The van der Waals surface area contributed by atoms with Crippen molar-refractivity contribution < 1.29 is 9.72 Å². The third-order valence-electron chi connectivity index (χ3n) is 3.37. The molecule has 7 heteroatoms. The quantitative estimate of drug-likeness (QED) is 0.413. The van der Waals surface area contributed by atoms with Crippen molar-refractivity contribution in [1.82, 2.24) is 0 Å². The number of nitro groups is 1. The molecular weight excluding hydrogens is 357 g/mol. The summed E-state index contributed by atoms with van der Waals surface area (Å²) in [7, 11) is 0. The molecule has 1 aliphatic heterocycles. The van der Waals surface area contributed by atoms with Gasteiger partial charge in [0, 0.05) is 32.9 Å². The van der Waals surface area contributed by atoms with Gasteiger partial charge in [0.2, 0.25) is 0 Å². The van der Waals surface area contributed by atoms with Crippen molar-refractivity contribution in [1.29, 1.82) is 0 Å². The van der Waals surface area contributed by atoms with Crippen molar-refractivity contribution in [2.45, 2.75) is 4.90 Å². The molecule has 0 amide bonds. The Morgan fingerprint density at radius 1 is 1.17 bits per heavy atom. The number of carbonyl (C=O) groups is 1. The van der Waals surface area contributed by atoms with Crippen LogP contribution in [0.2, 0.25) is 10.0 Å². The Morgan fingerprint density at radius 3 is 2.70 bits per heavy atom. The van der Waals surface area contributed by atoms with E-state index in [9.17, 15) is 14.9 Å². The minimum absolute atomic E-state index is 0.0682. The number of Topliss-reactive ketones (excluding diaryl/α,β-unsaturated/α-hetero) is 1. The van der Waals surface area contributed by atoms with E-state index >= 15 is 0 Å². The van der Waals surface area contributed by atoms with E-state index in [2.05, 4.69) is 0 Å². The average molecular weight is 366 g/mol. The third kappa shape index (κ3) is 3.27. The summed E-state index contributed by atoms with van der Waals surface area (Å²) < 4.78 is 0. The molecule has 0 atom stereocenters. The maximum atomic E-state index is 12.6. The van der Waals surface area contributed by atoms with Crippen LogP contribution in [-0.2, 0) is 0 Å². The van der Waals surface area contributed by atoms with Gasteiger partial charge in [-0.3, -0.25) is 14.9 Å². The SMILES string of the molecule is O=C1/C(=C/c2ccc(Cl)c([N+](=O)[O-])c2)CSc2ccc(Cl)cc21. The highest BCUT2D eigenvalue weighted by Crippen LogP contribution is 2.35. The molecule has 1 aliphatic rings. The highest BCUT2D eigenvalue weighted by atomic mass is 35.5. The number of carbonyl (C=O) groups excluding carboxylic acids is 1. The topological polar surface area (TPSA) is 60.2 Å². The first-order valence-corrected chi connectivity index (χ1v) is 8.31. The fraction of sp³-hybridized carbons (Fsp3) is 0.0625. The van der Waals surface area contributed by atoms with E-state index in [1.54, 1.807) is 24.3 Å². The summed E-state index contributed by atoms with van der Waals surface area (Å²) in [6, 6.07) is 9.68. The number of fused-ring (bicyclic) bond motifs is 1. The lowest BCUT2D eigenvalue weighted by molar-refractivity contribution is -0.384. The van der Waals surface area contributed by atoms with E-state index < -0.39 is 4.92 Å². The average Bonchev–Trinajstić information content (AvgIpc) is 2.52. The molecule has 0 N–H and O–H groups in total. The number of thioether (sulfide) groups is 1. The van der Waals surface area contributed by atoms with Gasteiger partial charge >= 0.3 is 0 Å². The van der Waals surface area contributed by atoms with Crippen molar-refractivity contribution in [3.63, 3.8) is 0 Å². The molecule has 4 nitrogen and oxygen atoms in total. The van der Waals surface area contributed by atoms with Crippen LogP contribution in [0.1, 0.15) is 15.9 Å². The molecule has 0 radical (unpaired) electrons. The van der Waals surface area contributed by atoms with Crippen LogP contribution in [0, 0.1) is 10.1 Å². The van der Waals surface area contributed by atoms with Crippen molar-refractivity contribution in [3.8, 4) is 0 Å². The summed E-state index contributed by atoms with van der Waals surface area (Å²) in [5.74, 6) is 0.392. The lowest BCUT2D eigenvalue weighted by Crippen LogP contribution is -2.12. The molecule has 0 fully saturated rings. The highest BCUT2D eigenvalue weighted by molar-refractivity contribution is 7.99. The molecule has 116 valence electrons. The van der Waals surface area contributed by atoms with E-state index in [1.165, 1.54) is 23.9 Å². The van der Waals surface area contributed by atoms with Crippen molar-refractivity contribution in [2.75, 3.05) is 5.75 Å². The Balaban J connectivity index is 2.00. The van der Waals surface area contributed by atoms with Gasteiger partial charge in [0.1, 0.15) is 5.02 Å². The van der Waals surface area contributed by atoms with Crippen LogP contribution in [0.3, 0.4) is 0 Å². The Hall–Kier alpha value is -1.82. The first-order valence-electron chi connectivity index (χ1n) is 6.57. The molecule has 0 spiro atoms. The maximum Gasteiger partial charge on any atom is 0.288 e. The summed E-state index contributed by atoms with van der Waals surface area (Å²) in [6.07, 6.45) is 1.66. The number of ketones is 1. The van der Waals surface area contributed by atoms with Crippen LogP contribution in [0.25, 0.3) is 6.08 Å². The summed E-state index contributed by atoms with van der Waals surface area (Å²) in [5, 5.41) is 11.5. The zero-order valence-electron chi connectivity index (χ0n) is 11.6. The number of nitro benzene ring substituents is 1. The van der Waals surface area contributed by atoms with Gasteiger partial charge in [0.05, 0.1) is 4.92 Å². The van der Waals surface area contributed by atoms with Crippen molar-refractivity contribution >= 4 is 52.5 Å². The Kier molecular flexibility index (Phi) is 4.43. The second-order valence-electron chi connectivity index (χ2n) is 4.90. The molecule has 2 aromatic rings. The minimum atomic E-state index is -0.545. The molecule has 0 saturated heterocycles. The van der Waals surface area contributed by atoms with Gasteiger partial charge in [-0.2, -0.15) is 0 Å². The highest BCUT2D eigenvalue weighted by Gasteiger charge is 2.23. The predicted molar refractivity (Wildman–Crippen MR) is 92.6 cm³/mol. The van der Waals surface area contributed by atoms with Gasteiger partial charge in [-0.1, -0.05) is 29.3 Å². The van der Waals surface area contributed by atoms with Crippen molar-refractivity contribution in [3.05, 3.63) is 73.3 Å². The molecule has 0 saturated carbocycles. The normalized spacial score (nSPS) is 15.6. The monoisotopic (exact) mass is 365 g/mol. The van der Waals surface area contributed by atoms with Gasteiger partial charge in [-0.15, -0.1) is 11.8 Å². The number of hydrogen-bond acceptors (Lipinski definition) is 4. The molecule has 3 rings (SSSR count). The van der Waals surface area contributed by atoms with E-state index in [0.717, 1.165) is 4.90 Å². The lowest BCUT2D eigenvalue weighted by Gasteiger charge is -2.17. The Morgan fingerprint density at radius 2 is 1.96 bits per heavy atom. The fourth-order valence-corrected chi connectivity index (χ4v) is 3.62. The predicted octanol–water partition coefficient (Wildman–Crippen LogP) is 5.27. The second-order valence-corrected chi connectivity index (χ2v) is 6.76. The number of halogens is 2. The number of rotatable bonds is 2. The van der Waals surface area contributed by atoms with Gasteiger partial charge < -0.3 is 0 Å². The Bertz CT molecular complexity index is 864. The number of nitrogens with zero attached hydrogens (tertiary/aromatic N) is 1. The summed E-state index contributed by atoms with van der Waals surface area (Å²) in [5.41, 5.74) is 1.51. The largest absolute Gasteiger partial charge is 0.289 e. The summed E-state index contributed by atoms with van der Waals surface area (Å²) in [4.78, 5) is 23.8. The van der Waals surface area contributed by atoms with Crippen LogP contribution < -0.4 is 0 Å². The van der Waals surface area contributed by atoms with Crippen LogP contribution in [0.15, 0.2) is 46.9 Å². The van der Waals surface area contributed by atoms with E-state index in [-0.39, 0.29) is 16.5 Å². The molecule has 0 bridgehead atoms. The van der Waals surface area contributed by atoms with Crippen LogP contribution in [0.5, 0.6) is 0 Å². The zero-order chi connectivity index (χ0) is 16.6. The summed E-state index contributed by atoms with van der Waals surface area (Å²) >= 11 is 13.3. The van der Waals surface area contributed by atoms with Gasteiger partial charge in [-0.05, 0) is 35.9 Å². The smallest absolute Gasteiger partial charge is 0.288 e. The first kappa shape index (κ1) is 16.1. The van der Waals surface area contributed by atoms with E-state index in [4.69, 9.17) is 23.2 Å². The van der Waals surface area contributed by atoms with Crippen LogP contribution in [0.4, 0.5) is 5.69 Å². The standard InChI is InChI=1S/C16H9Cl2NO3S/c17-11-2-4-15-12(7-11)16(20)10(8-23-15)5-9-1-3-13(18)14(6-9)19(21)22/h1-7H,8H2/b10-5+. The second kappa shape index (κ2) is 6.35. The number of benzene rings is 2. The van der Waals surface area contributed by atoms with Gasteiger partial charge in [-0.25, -0.2) is 0 Å². The molecule has 0 aromatic heterocycles. The first-order chi connectivity index (χ1) is 11.0. The molecule has 0 aliphatic carbocycles. The summed E-state index contributed by atoms with van der Waals surface area (Å²) in [6.45, 7) is 0. The van der Waals surface area contributed by atoms with Crippen LogP contribution >= 0.6 is 35.0 Å². The molecule has 2 aromatic carbocycles.